The maximum atomic E-state index is 12.3. The van der Waals surface area contributed by atoms with Crippen LogP contribution in [-0.2, 0) is 14.3 Å². The number of rotatable bonds is 2. The molecule has 3 amide bonds. The molecule has 0 aromatic carbocycles. The molecule has 1 rings (SSSR count). The summed E-state index contributed by atoms with van der Waals surface area (Å²) in [6.07, 6.45) is -1.03. The number of amides is 3. The summed E-state index contributed by atoms with van der Waals surface area (Å²) in [5.41, 5.74) is 4.03. The zero-order valence-electron chi connectivity index (χ0n) is 15.4. The number of ether oxygens (including phenoxy) is 2. The minimum absolute atomic E-state index is 0.0431. The zero-order valence-corrected chi connectivity index (χ0v) is 15.4. The summed E-state index contributed by atoms with van der Waals surface area (Å²) >= 11 is 0. The summed E-state index contributed by atoms with van der Waals surface area (Å²) in [5.74, 6) is -0.542. The molecule has 0 saturated carbocycles. The molecule has 1 unspecified atom stereocenters. The number of nitrogens with zero attached hydrogens (tertiary/aromatic N) is 2. The van der Waals surface area contributed by atoms with Crippen molar-refractivity contribution in [1.82, 2.24) is 9.80 Å². The highest BCUT2D eigenvalue weighted by molar-refractivity contribution is 5.77. The highest BCUT2D eigenvalue weighted by Crippen LogP contribution is 2.19. The minimum Gasteiger partial charge on any atom is -0.444 e. The van der Waals surface area contributed by atoms with E-state index in [1.54, 1.807) is 41.5 Å². The van der Waals surface area contributed by atoms with Crippen molar-refractivity contribution in [3.05, 3.63) is 0 Å². The van der Waals surface area contributed by atoms with Crippen molar-refractivity contribution in [2.75, 3.05) is 19.6 Å². The standard InChI is InChI=1S/C16H29N3O5/c1-15(2,3)23-13(21)18-7-8-19(11(10-18)9-12(17)20)14(22)24-16(4,5)6/h11H,7-10H2,1-6H3,(H2,17,20). The second-order valence-corrected chi connectivity index (χ2v) is 7.92. The monoisotopic (exact) mass is 343 g/mol. The van der Waals surface area contributed by atoms with Gasteiger partial charge < -0.3 is 25.0 Å². The third kappa shape index (κ3) is 6.64. The van der Waals surface area contributed by atoms with Gasteiger partial charge in [-0.2, -0.15) is 0 Å². The summed E-state index contributed by atoms with van der Waals surface area (Å²) in [6.45, 7) is 11.4. The van der Waals surface area contributed by atoms with E-state index in [2.05, 4.69) is 0 Å². The third-order valence-corrected chi connectivity index (χ3v) is 3.20. The van der Waals surface area contributed by atoms with Crippen LogP contribution in [0.2, 0.25) is 0 Å². The van der Waals surface area contributed by atoms with Gasteiger partial charge in [0, 0.05) is 26.1 Å². The zero-order chi connectivity index (χ0) is 18.7. The van der Waals surface area contributed by atoms with Crippen LogP contribution in [0.1, 0.15) is 48.0 Å². The van der Waals surface area contributed by atoms with Crippen molar-refractivity contribution in [3.8, 4) is 0 Å². The normalized spacial score (nSPS) is 19.0. The fraction of sp³-hybridized carbons (Fsp3) is 0.812. The topological polar surface area (TPSA) is 102 Å². The number of primary amides is 1. The quantitative estimate of drug-likeness (QED) is 0.822. The Balaban J connectivity index is 2.82. The van der Waals surface area contributed by atoms with Crippen molar-refractivity contribution in [3.63, 3.8) is 0 Å². The van der Waals surface area contributed by atoms with E-state index in [4.69, 9.17) is 15.2 Å². The van der Waals surface area contributed by atoms with Gasteiger partial charge in [-0.1, -0.05) is 0 Å². The van der Waals surface area contributed by atoms with Gasteiger partial charge in [0.15, 0.2) is 0 Å². The van der Waals surface area contributed by atoms with Crippen LogP contribution in [0.25, 0.3) is 0 Å². The molecular weight excluding hydrogens is 314 g/mol. The first kappa shape index (κ1) is 20.1. The van der Waals surface area contributed by atoms with Gasteiger partial charge in [-0.05, 0) is 41.5 Å². The Hall–Kier alpha value is -1.99. The van der Waals surface area contributed by atoms with Gasteiger partial charge >= 0.3 is 12.2 Å². The Bertz CT molecular complexity index is 493. The van der Waals surface area contributed by atoms with Gasteiger partial charge in [-0.3, -0.25) is 4.79 Å². The Labute approximate surface area is 143 Å². The SMILES string of the molecule is CC(C)(C)OC(=O)N1CCN(C(=O)OC(C)(C)C)C(CC(N)=O)C1. The molecule has 1 heterocycles. The Kier molecular flexibility index (Phi) is 6.08. The van der Waals surface area contributed by atoms with E-state index < -0.39 is 35.3 Å². The number of nitrogens with two attached hydrogens (primary N) is 1. The third-order valence-electron chi connectivity index (χ3n) is 3.20. The molecule has 0 aromatic rings. The summed E-state index contributed by atoms with van der Waals surface area (Å²) in [4.78, 5) is 38.8. The van der Waals surface area contributed by atoms with Crippen LogP contribution in [0, 0.1) is 0 Å². The molecule has 8 heteroatoms. The molecule has 0 spiro atoms. The van der Waals surface area contributed by atoms with E-state index in [1.807, 2.05) is 0 Å². The molecule has 2 N–H and O–H groups in total. The van der Waals surface area contributed by atoms with Crippen LogP contribution in [0.3, 0.4) is 0 Å². The number of carbonyl (C=O) groups excluding carboxylic acids is 3. The minimum atomic E-state index is -0.642. The lowest BCUT2D eigenvalue weighted by Crippen LogP contribution is -2.58. The second kappa shape index (κ2) is 7.27. The maximum Gasteiger partial charge on any atom is 0.410 e. The van der Waals surface area contributed by atoms with Gasteiger partial charge in [0.1, 0.15) is 11.2 Å². The van der Waals surface area contributed by atoms with E-state index in [0.717, 1.165) is 0 Å². The lowest BCUT2D eigenvalue weighted by molar-refractivity contribution is -0.119. The molecule has 0 aromatic heterocycles. The van der Waals surface area contributed by atoms with Crippen molar-refractivity contribution in [2.45, 2.75) is 65.2 Å². The van der Waals surface area contributed by atoms with Crippen LogP contribution < -0.4 is 5.73 Å². The Morgan fingerprint density at radius 2 is 1.46 bits per heavy atom. The predicted molar refractivity (Wildman–Crippen MR) is 88.3 cm³/mol. The molecule has 8 nitrogen and oxygen atoms in total. The van der Waals surface area contributed by atoms with E-state index in [9.17, 15) is 14.4 Å². The average molecular weight is 343 g/mol. The van der Waals surface area contributed by atoms with E-state index in [1.165, 1.54) is 9.80 Å². The molecule has 1 aliphatic rings. The van der Waals surface area contributed by atoms with E-state index in [0.29, 0.717) is 6.54 Å². The van der Waals surface area contributed by atoms with Crippen molar-refractivity contribution < 1.29 is 23.9 Å². The molecule has 138 valence electrons. The largest absolute Gasteiger partial charge is 0.444 e. The molecule has 24 heavy (non-hydrogen) atoms. The number of hydrogen-bond donors (Lipinski definition) is 1. The van der Waals surface area contributed by atoms with Crippen molar-refractivity contribution in [1.29, 1.82) is 0 Å². The number of piperazine rings is 1. The number of carbonyl (C=O) groups is 3. The van der Waals surface area contributed by atoms with Gasteiger partial charge in [0.2, 0.25) is 5.91 Å². The van der Waals surface area contributed by atoms with Gasteiger partial charge in [-0.15, -0.1) is 0 Å². The first-order chi connectivity index (χ1) is 10.8. The van der Waals surface area contributed by atoms with Crippen LogP contribution >= 0.6 is 0 Å². The smallest absolute Gasteiger partial charge is 0.410 e. The van der Waals surface area contributed by atoms with Gasteiger partial charge in [-0.25, -0.2) is 9.59 Å². The van der Waals surface area contributed by atoms with Crippen LogP contribution in [0.15, 0.2) is 0 Å². The predicted octanol–water partition coefficient (Wildman–Crippen LogP) is 1.72. The fourth-order valence-corrected chi connectivity index (χ4v) is 2.32. The van der Waals surface area contributed by atoms with E-state index >= 15 is 0 Å². The molecule has 0 aliphatic carbocycles. The van der Waals surface area contributed by atoms with Crippen molar-refractivity contribution in [2.24, 2.45) is 5.73 Å². The molecule has 1 atom stereocenters. The molecule has 1 aliphatic heterocycles. The highest BCUT2D eigenvalue weighted by atomic mass is 16.6. The molecule has 1 saturated heterocycles. The Morgan fingerprint density at radius 1 is 0.958 bits per heavy atom. The molecular formula is C16H29N3O5. The summed E-state index contributed by atoms with van der Waals surface area (Å²) in [6, 6.07) is -0.529. The first-order valence-electron chi connectivity index (χ1n) is 8.04. The lowest BCUT2D eigenvalue weighted by atomic mass is 10.1. The van der Waals surface area contributed by atoms with Gasteiger partial charge in [0.05, 0.1) is 6.04 Å². The average Bonchev–Trinajstić information content (AvgIpc) is 2.33. The first-order valence-corrected chi connectivity index (χ1v) is 8.04. The Morgan fingerprint density at radius 3 is 1.92 bits per heavy atom. The lowest BCUT2D eigenvalue weighted by Gasteiger charge is -2.41. The second-order valence-electron chi connectivity index (χ2n) is 7.92. The van der Waals surface area contributed by atoms with Crippen LogP contribution in [0.5, 0.6) is 0 Å². The van der Waals surface area contributed by atoms with Gasteiger partial charge in [0.25, 0.3) is 0 Å². The fourth-order valence-electron chi connectivity index (χ4n) is 2.32. The van der Waals surface area contributed by atoms with E-state index in [-0.39, 0.29) is 19.5 Å². The van der Waals surface area contributed by atoms with Crippen LogP contribution in [0.4, 0.5) is 9.59 Å². The highest BCUT2D eigenvalue weighted by Gasteiger charge is 2.36. The summed E-state index contributed by atoms with van der Waals surface area (Å²) in [7, 11) is 0. The summed E-state index contributed by atoms with van der Waals surface area (Å²) < 4.78 is 10.7. The van der Waals surface area contributed by atoms with Crippen molar-refractivity contribution >= 4 is 18.1 Å². The molecule has 0 bridgehead atoms. The molecule has 0 radical (unpaired) electrons. The summed E-state index contributed by atoms with van der Waals surface area (Å²) in [5, 5.41) is 0. The number of hydrogen-bond acceptors (Lipinski definition) is 5. The van der Waals surface area contributed by atoms with Crippen LogP contribution in [-0.4, -0.2) is 64.8 Å². The maximum absolute atomic E-state index is 12.3. The molecule has 1 fully saturated rings.